The highest BCUT2D eigenvalue weighted by molar-refractivity contribution is 9.10. The van der Waals surface area contributed by atoms with Gasteiger partial charge >= 0.3 is 0 Å². The summed E-state index contributed by atoms with van der Waals surface area (Å²) in [6.45, 7) is 4.92. The number of rotatable bonds is 5. The van der Waals surface area contributed by atoms with Crippen molar-refractivity contribution in [2.75, 3.05) is 5.32 Å². The fourth-order valence-corrected chi connectivity index (χ4v) is 3.63. The molecular formula is C22H19BrN6O. The molecule has 0 aliphatic rings. The van der Waals surface area contributed by atoms with Crippen LogP contribution in [-0.4, -0.2) is 25.2 Å². The number of amides is 1. The number of hydrogen-bond donors (Lipinski definition) is 1. The molecule has 0 aliphatic heterocycles. The van der Waals surface area contributed by atoms with Gasteiger partial charge in [0.05, 0.1) is 34.9 Å². The third-order valence-corrected chi connectivity index (χ3v) is 5.32. The van der Waals surface area contributed by atoms with Gasteiger partial charge in [0, 0.05) is 11.0 Å². The number of nitrogens with one attached hydrogen (secondary N) is 1. The highest BCUT2D eigenvalue weighted by atomic mass is 79.9. The van der Waals surface area contributed by atoms with Crippen LogP contribution < -0.4 is 5.32 Å². The number of anilines is 1. The van der Waals surface area contributed by atoms with Crippen LogP contribution in [-0.2, 0) is 13.1 Å². The molecule has 0 radical (unpaired) electrons. The molecule has 7 nitrogen and oxygen atoms in total. The molecule has 30 heavy (non-hydrogen) atoms. The van der Waals surface area contributed by atoms with Crippen molar-refractivity contribution in [1.82, 2.24) is 19.3 Å². The van der Waals surface area contributed by atoms with Crippen LogP contribution in [0.2, 0.25) is 0 Å². The van der Waals surface area contributed by atoms with E-state index in [0.717, 1.165) is 21.2 Å². The zero-order valence-corrected chi connectivity index (χ0v) is 18.1. The standard InChI is InChI=1S/C22H19BrN6O/c1-3-29-20(10-14(2)27-29)21(30)26-22-25-18-11-16(12-24)6-9-19(18)28(22)13-15-4-7-17(23)8-5-15/h4-11H,3,13H2,1-2H3,(H,25,26,30). The monoisotopic (exact) mass is 462 g/mol. The van der Waals surface area contributed by atoms with Crippen LogP contribution in [0.25, 0.3) is 11.0 Å². The summed E-state index contributed by atoms with van der Waals surface area (Å²) in [6.07, 6.45) is 0. The van der Waals surface area contributed by atoms with Crippen molar-refractivity contribution in [2.24, 2.45) is 0 Å². The Bertz CT molecular complexity index is 1280. The van der Waals surface area contributed by atoms with Gasteiger partial charge in [-0.15, -0.1) is 0 Å². The summed E-state index contributed by atoms with van der Waals surface area (Å²) in [4.78, 5) is 17.6. The van der Waals surface area contributed by atoms with E-state index in [2.05, 4.69) is 37.4 Å². The van der Waals surface area contributed by atoms with Gasteiger partial charge in [0.15, 0.2) is 0 Å². The summed E-state index contributed by atoms with van der Waals surface area (Å²) in [7, 11) is 0. The first-order valence-electron chi connectivity index (χ1n) is 9.49. The van der Waals surface area contributed by atoms with Gasteiger partial charge in [0.1, 0.15) is 5.69 Å². The summed E-state index contributed by atoms with van der Waals surface area (Å²) < 4.78 is 4.61. The molecular weight excluding hydrogens is 444 g/mol. The van der Waals surface area contributed by atoms with Crippen molar-refractivity contribution in [3.8, 4) is 6.07 Å². The third-order valence-electron chi connectivity index (χ3n) is 4.79. The molecule has 2 heterocycles. The zero-order chi connectivity index (χ0) is 21.3. The van der Waals surface area contributed by atoms with Crippen LogP contribution in [0.1, 0.15) is 34.2 Å². The fourth-order valence-electron chi connectivity index (χ4n) is 3.36. The van der Waals surface area contributed by atoms with Gasteiger partial charge in [0.2, 0.25) is 5.95 Å². The van der Waals surface area contributed by atoms with Gasteiger partial charge in [-0.2, -0.15) is 10.4 Å². The lowest BCUT2D eigenvalue weighted by Gasteiger charge is -2.11. The van der Waals surface area contributed by atoms with Crippen molar-refractivity contribution >= 4 is 38.8 Å². The van der Waals surface area contributed by atoms with E-state index in [0.29, 0.717) is 35.8 Å². The zero-order valence-electron chi connectivity index (χ0n) is 16.6. The highest BCUT2D eigenvalue weighted by Crippen LogP contribution is 2.24. The smallest absolute Gasteiger partial charge is 0.276 e. The first-order valence-corrected chi connectivity index (χ1v) is 10.3. The molecule has 150 valence electrons. The minimum Gasteiger partial charge on any atom is -0.305 e. The third kappa shape index (κ3) is 3.84. The quantitative estimate of drug-likeness (QED) is 0.472. The van der Waals surface area contributed by atoms with E-state index in [-0.39, 0.29) is 5.91 Å². The van der Waals surface area contributed by atoms with Gasteiger partial charge in [-0.05, 0) is 55.8 Å². The number of aromatic nitrogens is 4. The Morgan fingerprint density at radius 2 is 1.97 bits per heavy atom. The Labute approximate surface area is 182 Å². The molecule has 0 fully saturated rings. The van der Waals surface area contributed by atoms with E-state index >= 15 is 0 Å². The van der Waals surface area contributed by atoms with E-state index in [1.807, 2.05) is 48.7 Å². The molecule has 1 amide bonds. The predicted molar refractivity (Wildman–Crippen MR) is 118 cm³/mol. The molecule has 8 heteroatoms. The lowest BCUT2D eigenvalue weighted by atomic mass is 10.2. The number of hydrogen-bond acceptors (Lipinski definition) is 4. The highest BCUT2D eigenvalue weighted by Gasteiger charge is 2.18. The normalized spacial score (nSPS) is 10.9. The maximum atomic E-state index is 13.0. The molecule has 0 unspecified atom stereocenters. The minimum atomic E-state index is -0.273. The Kier molecular flexibility index (Phi) is 5.38. The largest absolute Gasteiger partial charge is 0.305 e. The van der Waals surface area contributed by atoms with E-state index < -0.39 is 0 Å². The number of fused-ring (bicyclic) bond motifs is 1. The summed E-state index contributed by atoms with van der Waals surface area (Å²) in [6, 6.07) is 17.2. The van der Waals surface area contributed by atoms with Crippen LogP contribution in [0.3, 0.4) is 0 Å². The topological polar surface area (TPSA) is 88.5 Å². The van der Waals surface area contributed by atoms with Gasteiger partial charge in [-0.25, -0.2) is 4.98 Å². The SMILES string of the molecule is CCn1nc(C)cc1C(=O)Nc1nc2cc(C#N)ccc2n1Cc1ccc(Br)cc1. The molecule has 0 bridgehead atoms. The van der Waals surface area contributed by atoms with Crippen LogP contribution >= 0.6 is 15.9 Å². The summed E-state index contributed by atoms with van der Waals surface area (Å²) in [5.74, 6) is 0.153. The van der Waals surface area contributed by atoms with Gasteiger partial charge in [-0.3, -0.25) is 14.8 Å². The summed E-state index contributed by atoms with van der Waals surface area (Å²) in [5, 5.41) is 16.5. The van der Waals surface area contributed by atoms with E-state index in [4.69, 9.17) is 0 Å². The Morgan fingerprint density at radius 1 is 1.20 bits per heavy atom. The maximum Gasteiger partial charge on any atom is 0.276 e. The molecule has 2 aromatic carbocycles. The van der Waals surface area contributed by atoms with Crippen molar-refractivity contribution in [3.05, 3.63) is 75.5 Å². The van der Waals surface area contributed by atoms with Crippen LogP contribution in [0.5, 0.6) is 0 Å². The lowest BCUT2D eigenvalue weighted by Crippen LogP contribution is -2.20. The van der Waals surface area contributed by atoms with E-state index in [9.17, 15) is 10.1 Å². The molecule has 2 aromatic heterocycles. The second-order valence-corrected chi connectivity index (χ2v) is 7.82. The molecule has 0 saturated heterocycles. The Hall–Kier alpha value is -3.44. The molecule has 1 N–H and O–H groups in total. The van der Waals surface area contributed by atoms with Crippen LogP contribution in [0, 0.1) is 18.3 Å². The van der Waals surface area contributed by atoms with Gasteiger partial charge in [-0.1, -0.05) is 28.1 Å². The van der Waals surface area contributed by atoms with Gasteiger partial charge in [0.25, 0.3) is 5.91 Å². The first kappa shape index (κ1) is 19.9. The van der Waals surface area contributed by atoms with E-state index in [1.165, 1.54) is 0 Å². The Morgan fingerprint density at radius 3 is 2.67 bits per heavy atom. The number of carbonyl (C=O) groups is 1. The average Bonchev–Trinajstić information content (AvgIpc) is 3.29. The van der Waals surface area contributed by atoms with Crippen molar-refractivity contribution in [2.45, 2.75) is 26.9 Å². The number of halogens is 1. The lowest BCUT2D eigenvalue weighted by molar-refractivity contribution is 0.101. The number of nitriles is 1. The van der Waals surface area contributed by atoms with E-state index in [1.54, 1.807) is 22.9 Å². The maximum absolute atomic E-state index is 13.0. The van der Waals surface area contributed by atoms with Crippen molar-refractivity contribution < 1.29 is 4.79 Å². The molecule has 4 rings (SSSR count). The number of nitrogens with zero attached hydrogens (tertiary/aromatic N) is 5. The number of carbonyl (C=O) groups excluding carboxylic acids is 1. The minimum absolute atomic E-state index is 0.273. The average molecular weight is 463 g/mol. The number of aryl methyl sites for hydroxylation is 2. The van der Waals surface area contributed by atoms with Crippen LogP contribution in [0.4, 0.5) is 5.95 Å². The van der Waals surface area contributed by atoms with Crippen molar-refractivity contribution in [3.63, 3.8) is 0 Å². The van der Waals surface area contributed by atoms with Crippen molar-refractivity contribution in [1.29, 1.82) is 5.26 Å². The Balaban J connectivity index is 1.76. The van der Waals surface area contributed by atoms with Crippen LogP contribution in [0.15, 0.2) is 53.0 Å². The summed E-state index contributed by atoms with van der Waals surface area (Å²) in [5.41, 5.74) is 4.34. The molecule has 0 aliphatic carbocycles. The predicted octanol–water partition coefficient (Wildman–Crippen LogP) is 4.50. The second-order valence-electron chi connectivity index (χ2n) is 6.90. The molecule has 0 atom stereocenters. The molecule has 0 saturated carbocycles. The first-order chi connectivity index (χ1) is 14.5. The second kappa shape index (κ2) is 8.13. The fraction of sp³-hybridized carbons (Fsp3) is 0.182. The molecule has 0 spiro atoms. The molecule has 4 aromatic rings. The van der Waals surface area contributed by atoms with Gasteiger partial charge < -0.3 is 4.57 Å². The summed E-state index contributed by atoms with van der Waals surface area (Å²) >= 11 is 3.45. The number of benzene rings is 2. The number of imidazole rings is 1.